The minimum atomic E-state index is -1.37. The number of rotatable bonds is 14. The van der Waals surface area contributed by atoms with Crippen molar-refractivity contribution in [2.45, 2.75) is 108 Å². The van der Waals surface area contributed by atoms with Crippen LogP contribution in [0.3, 0.4) is 0 Å². The maximum atomic E-state index is 9.86. The van der Waals surface area contributed by atoms with E-state index in [1.54, 1.807) is 0 Å². The maximum Gasteiger partial charge on any atom is 0.186 e. The van der Waals surface area contributed by atoms with Crippen molar-refractivity contribution in [3.05, 3.63) is 0 Å². The molecule has 0 unspecified atom stereocenters. The number of ether oxygens (including phenoxy) is 2. The molecule has 0 saturated carbocycles. The lowest BCUT2D eigenvalue weighted by atomic mass is 9.99. The molecule has 25 heavy (non-hydrogen) atoms. The fourth-order valence-electron chi connectivity index (χ4n) is 3.17. The summed E-state index contributed by atoms with van der Waals surface area (Å²) < 4.78 is 10.8. The lowest BCUT2D eigenvalue weighted by molar-refractivity contribution is -0.301. The largest absolute Gasteiger partial charge is 0.394 e. The quantitative estimate of drug-likeness (QED) is 0.353. The van der Waals surface area contributed by atoms with Gasteiger partial charge >= 0.3 is 0 Å². The first-order valence-corrected chi connectivity index (χ1v) is 10.0. The Morgan fingerprint density at radius 1 is 0.720 bits per heavy atom. The van der Waals surface area contributed by atoms with E-state index in [9.17, 15) is 15.3 Å². The highest BCUT2D eigenvalue weighted by molar-refractivity contribution is 4.88. The minimum absolute atomic E-state index is 0.427. The molecule has 150 valence electrons. The van der Waals surface area contributed by atoms with E-state index >= 15 is 0 Å². The smallest absolute Gasteiger partial charge is 0.186 e. The molecule has 0 aromatic heterocycles. The van der Waals surface area contributed by atoms with Crippen molar-refractivity contribution < 1.29 is 29.9 Å². The zero-order chi connectivity index (χ0) is 18.5. The number of hydrogen-bond donors (Lipinski definition) is 4. The molecular formula is C19H38O6. The Bertz CT molecular complexity index is 312. The van der Waals surface area contributed by atoms with Crippen LogP contribution in [-0.2, 0) is 9.47 Å². The summed E-state index contributed by atoms with van der Waals surface area (Å²) >= 11 is 0. The van der Waals surface area contributed by atoms with Crippen LogP contribution in [0, 0.1) is 0 Å². The highest BCUT2D eigenvalue weighted by Gasteiger charge is 2.43. The van der Waals surface area contributed by atoms with Gasteiger partial charge in [0.25, 0.3) is 0 Å². The predicted molar refractivity (Wildman–Crippen MR) is 96.2 cm³/mol. The molecule has 1 heterocycles. The summed E-state index contributed by atoms with van der Waals surface area (Å²) in [6.07, 6.45) is 7.79. The lowest BCUT2D eigenvalue weighted by Gasteiger charge is -2.39. The first-order chi connectivity index (χ1) is 12.1. The third kappa shape index (κ3) is 8.80. The predicted octanol–water partition coefficient (Wildman–Crippen LogP) is 2.11. The van der Waals surface area contributed by atoms with E-state index in [-0.39, 0.29) is 0 Å². The van der Waals surface area contributed by atoms with Gasteiger partial charge in [0.05, 0.1) is 6.61 Å². The first kappa shape index (κ1) is 22.8. The van der Waals surface area contributed by atoms with Gasteiger partial charge in [-0.1, -0.05) is 71.1 Å². The van der Waals surface area contributed by atoms with E-state index in [2.05, 4.69) is 6.92 Å². The maximum absolute atomic E-state index is 9.86. The molecule has 6 nitrogen and oxygen atoms in total. The van der Waals surface area contributed by atoms with Gasteiger partial charge in [0.2, 0.25) is 0 Å². The first-order valence-electron chi connectivity index (χ1n) is 10.0. The Labute approximate surface area is 152 Å². The monoisotopic (exact) mass is 362 g/mol. The lowest BCUT2D eigenvalue weighted by Crippen LogP contribution is -2.59. The van der Waals surface area contributed by atoms with Gasteiger partial charge in [-0.15, -0.1) is 0 Å². The molecule has 1 aliphatic heterocycles. The summed E-state index contributed by atoms with van der Waals surface area (Å²) in [6, 6.07) is 0. The van der Waals surface area contributed by atoms with Crippen molar-refractivity contribution in [2.75, 3.05) is 13.2 Å². The molecular weight excluding hydrogens is 324 g/mol. The average Bonchev–Trinajstić information content (AvgIpc) is 2.62. The Morgan fingerprint density at radius 3 is 1.76 bits per heavy atom. The Balaban J connectivity index is 1.99. The fraction of sp³-hybridized carbons (Fsp3) is 1.00. The summed E-state index contributed by atoms with van der Waals surface area (Å²) in [6.45, 7) is 2.24. The molecule has 1 rings (SSSR count). The Kier molecular flexibility index (Phi) is 12.7. The summed E-state index contributed by atoms with van der Waals surface area (Å²) in [7, 11) is 0. The summed E-state index contributed by atoms with van der Waals surface area (Å²) in [5, 5.41) is 38.4. The van der Waals surface area contributed by atoms with Gasteiger partial charge in [-0.3, -0.25) is 0 Å². The van der Waals surface area contributed by atoms with Crippen LogP contribution in [0.25, 0.3) is 0 Å². The molecule has 6 heteroatoms. The van der Waals surface area contributed by atoms with E-state index in [4.69, 9.17) is 14.6 Å². The summed E-state index contributed by atoms with van der Waals surface area (Å²) in [5.41, 5.74) is 0. The molecule has 0 radical (unpaired) electrons. The van der Waals surface area contributed by atoms with Gasteiger partial charge in [-0.05, 0) is 6.42 Å². The van der Waals surface area contributed by atoms with Crippen LogP contribution in [0.2, 0.25) is 0 Å². The van der Waals surface area contributed by atoms with Gasteiger partial charge in [0.15, 0.2) is 6.29 Å². The highest BCUT2D eigenvalue weighted by Crippen LogP contribution is 2.22. The van der Waals surface area contributed by atoms with Gasteiger partial charge in [0, 0.05) is 6.61 Å². The fourth-order valence-corrected chi connectivity index (χ4v) is 3.17. The molecule has 0 spiro atoms. The van der Waals surface area contributed by atoms with Crippen LogP contribution in [0.1, 0.15) is 77.6 Å². The van der Waals surface area contributed by atoms with E-state index in [1.807, 2.05) is 0 Å². The van der Waals surface area contributed by atoms with Crippen molar-refractivity contribution in [1.29, 1.82) is 0 Å². The third-order valence-corrected chi connectivity index (χ3v) is 4.88. The number of aliphatic hydroxyl groups excluding tert-OH is 4. The summed E-state index contributed by atoms with van der Waals surface area (Å²) in [4.78, 5) is 0. The molecule has 0 amide bonds. The standard InChI is InChI=1S/C19H38O6/c1-2-3-4-5-6-7-8-9-10-11-12-13-24-19-18(23)17(22)16(21)15(14-20)25-19/h15-23H,2-14H2,1H3/t15-,16-,17+,18-,19-/m0/s1. The van der Waals surface area contributed by atoms with Crippen LogP contribution >= 0.6 is 0 Å². The number of hydrogen-bond acceptors (Lipinski definition) is 6. The van der Waals surface area contributed by atoms with Crippen molar-refractivity contribution in [3.63, 3.8) is 0 Å². The van der Waals surface area contributed by atoms with Gasteiger partial charge in [0.1, 0.15) is 24.4 Å². The third-order valence-electron chi connectivity index (χ3n) is 4.88. The van der Waals surface area contributed by atoms with Crippen molar-refractivity contribution in [3.8, 4) is 0 Å². The normalized spacial score (nSPS) is 29.9. The highest BCUT2D eigenvalue weighted by atomic mass is 16.7. The van der Waals surface area contributed by atoms with E-state index < -0.39 is 37.3 Å². The molecule has 1 aliphatic rings. The van der Waals surface area contributed by atoms with Crippen LogP contribution in [0.4, 0.5) is 0 Å². The van der Waals surface area contributed by atoms with Crippen LogP contribution in [0.5, 0.6) is 0 Å². The zero-order valence-corrected chi connectivity index (χ0v) is 15.7. The SMILES string of the molecule is CCCCCCCCCCCCCO[C@H]1O[C@@H](CO)[C@H](O)[C@@H](O)[C@@H]1O. The summed E-state index contributed by atoms with van der Waals surface area (Å²) in [5.74, 6) is 0. The zero-order valence-electron chi connectivity index (χ0n) is 15.7. The Hall–Kier alpha value is -0.240. The second-order valence-electron chi connectivity index (χ2n) is 7.10. The molecule has 1 fully saturated rings. The van der Waals surface area contributed by atoms with E-state index in [1.165, 1.54) is 57.8 Å². The van der Waals surface area contributed by atoms with Gasteiger partial charge in [-0.2, -0.15) is 0 Å². The molecule has 0 aromatic carbocycles. The van der Waals surface area contributed by atoms with E-state index in [0.29, 0.717) is 6.61 Å². The second-order valence-corrected chi connectivity index (χ2v) is 7.10. The van der Waals surface area contributed by atoms with Crippen molar-refractivity contribution in [2.24, 2.45) is 0 Å². The Morgan fingerprint density at radius 2 is 1.24 bits per heavy atom. The topological polar surface area (TPSA) is 99.4 Å². The van der Waals surface area contributed by atoms with E-state index in [0.717, 1.165) is 12.8 Å². The van der Waals surface area contributed by atoms with Crippen molar-refractivity contribution in [1.82, 2.24) is 0 Å². The molecule has 1 saturated heterocycles. The van der Waals surface area contributed by atoms with Gasteiger partial charge < -0.3 is 29.9 Å². The van der Waals surface area contributed by atoms with Crippen LogP contribution in [-0.4, -0.2) is 64.3 Å². The molecule has 0 bridgehead atoms. The molecule has 5 atom stereocenters. The van der Waals surface area contributed by atoms with Crippen LogP contribution < -0.4 is 0 Å². The minimum Gasteiger partial charge on any atom is -0.394 e. The molecule has 0 aromatic rings. The average molecular weight is 363 g/mol. The van der Waals surface area contributed by atoms with Gasteiger partial charge in [-0.25, -0.2) is 0 Å². The molecule has 0 aliphatic carbocycles. The number of unbranched alkanes of at least 4 members (excludes halogenated alkanes) is 10. The van der Waals surface area contributed by atoms with Crippen LogP contribution in [0.15, 0.2) is 0 Å². The van der Waals surface area contributed by atoms with Crippen molar-refractivity contribution >= 4 is 0 Å². The second kappa shape index (κ2) is 13.9. The molecule has 4 N–H and O–H groups in total. The number of aliphatic hydroxyl groups is 4.